The minimum Gasteiger partial charge on any atom is -0.388 e. The van der Waals surface area contributed by atoms with Crippen molar-refractivity contribution in [3.05, 3.63) is 34.7 Å². The van der Waals surface area contributed by atoms with Gasteiger partial charge in [-0.2, -0.15) is 5.10 Å². The maximum atomic E-state index is 12.2. The van der Waals surface area contributed by atoms with Gasteiger partial charge >= 0.3 is 6.36 Å². The van der Waals surface area contributed by atoms with Gasteiger partial charge in [-0.15, -0.1) is 13.2 Å². The quantitative estimate of drug-likeness (QED) is 0.819. The second-order valence-corrected chi connectivity index (χ2v) is 5.68. The third-order valence-corrected chi connectivity index (χ3v) is 2.94. The van der Waals surface area contributed by atoms with Crippen LogP contribution in [-0.4, -0.2) is 21.1 Å². The van der Waals surface area contributed by atoms with Gasteiger partial charge in [0.1, 0.15) is 4.60 Å². The van der Waals surface area contributed by atoms with Gasteiger partial charge in [-0.3, -0.25) is 0 Å². The third kappa shape index (κ3) is 4.45. The molecule has 0 saturated carbocycles. The topological polar surface area (TPSA) is 39.9 Å². The normalized spacial score (nSPS) is 12.0. The van der Waals surface area contributed by atoms with E-state index in [1.165, 1.54) is 12.3 Å². The van der Waals surface area contributed by atoms with Gasteiger partial charge in [0.25, 0.3) is 0 Å². The minimum absolute atomic E-state index is 0.389. The van der Waals surface area contributed by atoms with Crippen molar-refractivity contribution in [1.82, 2.24) is 14.8 Å². The van der Waals surface area contributed by atoms with Crippen LogP contribution >= 0.6 is 15.9 Å². The lowest BCUT2D eigenvalue weighted by molar-refractivity contribution is -0.276. The molecule has 0 spiro atoms. The molecule has 0 aliphatic carbocycles. The van der Waals surface area contributed by atoms with E-state index in [0.29, 0.717) is 16.2 Å². The van der Waals surface area contributed by atoms with Gasteiger partial charge in [-0.05, 0) is 40.4 Å². The van der Waals surface area contributed by atoms with Crippen molar-refractivity contribution in [3.8, 4) is 11.6 Å². The van der Waals surface area contributed by atoms with Crippen LogP contribution in [0.5, 0.6) is 5.88 Å². The number of nitrogens with zero attached hydrogens (tertiary/aromatic N) is 3. The van der Waals surface area contributed by atoms with E-state index in [9.17, 15) is 13.2 Å². The monoisotopic (exact) mass is 363 g/mol. The third-order valence-electron chi connectivity index (χ3n) is 2.55. The molecule has 0 bridgehead atoms. The van der Waals surface area contributed by atoms with Crippen molar-refractivity contribution in [3.63, 3.8) is 0 Å². The van der Waals surface area contributed by atoms with Crippen LogP contribution in [0, 0.1) is 5.92 Å². The van der Waals surface area contributed by atoms with Crippen molar-refractivity contribution in [2.45, 2.75) is 26.6 Å². The van der Waals surface area contributed by atoms with Crippen molar-refractivity contribution < 1.29 is 17.9 Å². The average molecular weight is 364 g/mol. The van der Waals surface area contributed by atoms with E-state index in [0.717, 1.165) is 12.1 Å². The largest absolute Gasteiger partial charge is 0.574 e. The SMILES string of the molecule is CC(C)Cc1cc(Br)nn1-c1ccnc(OC(F)(F)F)c1. The highest BCUT2D eigenvalue weighted by Gasteiger charge is 2.31. The first kappa shape index (κ1) is 15.8. The molecular weight excluding hydrogens is 351 g/mol. The molecular formula is C13H13BrF3N3O. The molecule has 2 aromatic heterocycles. The molecule has 0 N–H and O–H groups in total. The summed E-state index contributed by atoms with van der Waals surface area (Å²) in [4.78, 5) is 3.55. The molecule has 2 heterocycles. The van der Waals surface area contributed by atoms with Crippen LogP contribution in [0.2, 0.25) is 0 Å². The summed E-state index contributed by atoms with van der Waals surface area (Å²) in [5.74, 6) is -0.123. The van der Waals surface area contributed by atoms with E-state index in [2.05, 4.69) is 44.6 Å². The Labute approximate surface area is 128 Å². The highest BCUT2D eigenvalue weighted by molar-refractivity contribution is 9.10. The summed E-state index contributed by atoms with van der Waals surface area (Å²) in [5, 5.41) is 4.24. The van der Waals surface area contributed by atoms with E-state index in [4.69, 9.17) is 0 Å². The molecule has 2 aromatic rings. The Morgan fingerprint density at radius 1 is 1.33 bits per heavy atom. The minimum atomic E-state index is -4.77. The zero-order valence-corrected chi connectivity index (χ0v) is 12.9. The van der Waals surface area contributed by atoms with Gasteiger partial charge in [-0.1, -0.05) is 13.8 Å². The Kier molecular flexibility index (Phi) is 4.55. The Morgan fingerprint density at radius 2 is 2.05 bits per heavy atom. The zero-order chi connectivity index (χ0) is 15.6. The molecule has 2 rings (SSSR count). The molecule has 0 saturated heterocycles. The number of ether oxygens (including phenoxy) is 1. The Hall–Kier alpha value is -1.57. The predicted molar refractivity (Wildman–Crippen MR) is 74.3 cm³/mol. The fourth-order valence-corrected chi connectivity index (χ4v) is 2.30. The molecule has 0 atom stereocenters. The highest BCUT2D eigenvalue weighted by Crippen LogP contribution is 2.24. The molecule has 0 unspecified atom stereocenters. The number of rotatable bonds is 4. The summed E-state index contributed by atoms with van der Waals surface area (Å²) in [6, 6.07) is 4.62. The number of halogens is 4. The smallest absolute Gasteiger partial charge is 0.388 e. The lowest BCUT2D eigenvalue weighted by Crippen LogP contribution is -2.18. The molecule has 0 aliphatic heterocycles. The Balaban J connectivity index is 2.36. The van der Waals surface area contributed by atoms with Crippen LogP contribution in [0.4, 0.5) is 13.2 Å². The number of hydrogen-bond acceptors (Lipinski definition) is 3. The summed E-state index contributed by atoms with van der Waals surface area (Å²) in [7, 11) is 0. The van der Waals surface area contributed by atoms with Crippen LogP contribution in [-0.2, 0) is 6.42 Å². The molecule has 0 aliphatic rings. The van der Waals surface area contributed by atoms with Crippen molar-refractivity contribution in [2.24, 2.45) is 5.92 Å². The second kappa shape index (κ2) is 6.05. The van der Waals surface area contributed by atoms with E-state index in [-0.39, 0.29) is 0 Å². The first-order valence-corrected chi connectivity index (χ1v) is 7.00. The van der Waals surface area contributed by atoms with Crippen LogP contribution in [0.25, 0.3) is 5.69 Å². The van der Waals surface area contributed by atoms with Gasteiger partial charge in [0, 0.05) is 18.0 Å². The molecule has 4 nitrogen and oxygen atoms in total. The zero-order valence-electron chi connectivity index (χ0n) is 11.4. The fourth-order valence-electron chi connectivity index (χ4n) is 1.88. The highest BCUT2D eigenvalue weighted by atomic mass is 79.9. The molecule has 21 heavy (non-hydrogen) atoms. The second-order valence-electron chi connectivity index (χ2n) is 4.87. The van der Waals surface area contributed by atoms with Crippen molar-refractivity contribution in [2.75, 3.05) is 0 Å². The van der Waals surface area contributed by atoms with Gasteiger partial charge in [0.05, 0.1) is 5.69 Å². The number of hydrogen-bond donors (Lipinski definition) is 0. The molecule has 114 valence electrons. The number of pyridine rings is 1. The Morgan fingerprint density at radius 3 is 2.67 bits per heavy atom. The van der Waals surface area contributed by atoms with Crippen LogP contribution in [0.3, 0.4) is 0 Å². The average Bonchev–Trinajstić information content (AvgIpc) is 2.67. The van der Waals surface area contributed by atoms with Gasteiger partial charge < -0.3 is 4.74 Å². The fraction of sp³-hybridized carbons (Fsp3) is 0.385. The Bertz CT molecular complexity index is 625. The number of alkyl halides is 3. The predicted octanol–water partition coefficient (Wildman–Crippen LogP) is 4.13. The van der Waals surface area contributed by atoms with Crippen LogP contribution < -0.4 is 4.74 Å². The first-order valence-electron chi connectivity index (χ1n) is 6.21. The summed E-state index contributed by atoms with van der Waals surface area (Å²) >= 11 is 3.28. The summed E-state index contributed by atoms with van der Waals surface area (Å²) < 4.78 is 42.7. The molecule has 0 radical (unpaired) electrons. The van der Waals surface area contributed by atoms with E-state index in [1.807, 2.05) is 6.07 Å². The lowest BCUT2D eigenvalue weighted by atomic mass is 10.1. The maximum Gasteiger partial charge on any atom is 0.574 e. The van der Waals surface area contributed by atoms with Crippen molar-refractivity contribution in [1.29, 1.82) is 0 Å². The molecule has 0 aromatic carbocycles. The maximum absolute atomic E-state index is 12.2. The van der Waals surface area contributed by atoms with Crippen molar-refractivity contribution >= 4 is 15.9 Å². The van der Waals surface area contributed by atoms with E-state index >= 15 is 0 Å². The van der Waals surface area contributed by atoms with Crippen LogP contribution in [0.15, 0.2) is 29.0 Å². The van der Waals surface area contributed by atoms with Gasteiger partial charge in [-0.25, -0.2) is 9.67 Å². The lowest BCUT2D eigenvalue weighted by Gasteiger charge is -2.11. The molecule has 0 amide bonds. The van der Waals surface area contributed by atoms with Crippen LogP contribution in [0.1, 0.15) is 19.5 Å². The standard InChI is InChI=1S/C13H13BrF3N3O/c1-8(2)5-10-6-11(14)19-20(10)9-3-4-18-12(7-9)21-13(15,16)17/h3-4,6-8H,5H2,1-2H3. The summed E-state index contributed by atoms with van der Waals surface area (Å²) in [5.41, 5.74) is 1.35. The molecule has 8 heteroatoms. The van der Waals surface area contributed by atoms with Gasteiger partial charge in [0.2, 0.25) is 5.88 Å². The summed E-state index contributed by atoms with van der Waals surface area (Å²) in [6.45, 7) is 4.10. The van der Waals surface area contributed by atoms with E-state index < -0.39 is 12.2 Å². The number of aromatic nitrogens is 3. The van der Waals surface area contributed by atoms with Gasteiger partial charge in [0.15, 0.2) is 0 Å². The van der Waals surface area contributed by atoms with E-state index in [1.54, 1.807) is 10.7 Å². The summed E-state index contributed by atoms with van der Waals surface area (Å²) in [6.07, 6.45) is -2.77. The first-order chi connectivity index (χ1) is 9.74. The molecule has 0 fully saturated rings.